The topological polar surface area (TPSA) is 63.7 Å². The summed E-state index contributed by atoms with van der Waals surface area (Å²) in [6.45, 7) is 0. The maximum Gasteiger partial charge on any atom is 0.158 e. The minimum atomic E-state index is 0.710. The fourth-order valence-corrected chi connectivity index (χ4v) is 1.66. The highest BCUT2D eigenvalue weighted by Crippen LogP contribution is 2.21. The molecular weight excluding hydrogens is 216 g/mol. The van der Waals surface area contributed by atoms with Gasteiger partial charge < -0.3 is 9.72 Å². The Morgan fingerprint density at radius 3 is 2.94 bits per heavy atom. The molecule has 17 heavy (non-hydrogen) atoms. The first-order chi connectivity index (χ1) is 8.36. The van der Waals surface area contributed by atoms with Gasteiger partial charge in [0.05, 0.1) is 24.3 Å². The molecule has 2 aromatic heterocycles. The molecular formula is C12H10N4O. The summed E-state index contributed by atoms with van der Waals surface area (Å²) in [4.78, 5) is 15.9. The Labute approximate surface area is 97.5 Å². The number of methoxy groups -OCH3 is 1. The van der Waals surface area contributed by atoms with Crippen molar-refractivity contribution in [1.82, 2.24) is 19.9 Å². The van der Waals surface area contributed by atoms with Crippen molar-refractivity contribution in [2.24, 2.45) is 0 Å². The van der Waals surface area contributed by atoms with E-state index in [1.807, 2.05) is 18.2 Å². The van der Waals surface area contributed by atoms with Gasteiger partial charge in [-0.1, -0.05) is 0 Å². The number of fused-ring (bicyclic) bond motifs is 1. The standard InChI is InChI=1S/C12H10N4O/c1-17-8-2-3-9-10(6-8)16-12(15-9)11-7-13-4-5-14-11/h2-7H,1H3,(H,15,16). The zero-order valence-corrected chi connectivity index (χ0v) is 9.21. The van der Waals surface area contributed by atoms with Crippen LogP contribution in [0.5, 0.6) is 5.75 Å². The normalized spacial score (nSPS) is 10.6. The molecule has 0 aliphatic heterocycles. The van der Waals surface area contributed by atoms with Gasteiger partial charge in [-0.3, -0.25) is 4.98 Å². The van der Waals surface area contributed by atoms with E-state index in [9.17, 15) is 0 Å². The van der Waals surface area contributed by atoms with Gasteiger partial charge in [0.25, 0.3) is 0 Å². The molecule has 0 aliphatic carbocycles. The average molecular weight is 226 g/mol. The van der Waals surface area contributed by atoms with Crippen LogP contribution in [0.4, 0.5) is 0 Å². The van der Waals surface area contributed by atoms with Gasteiger partial charge in [0.15, 0.2) is 5.82 Å². The Hall–Kier alpha value is -2.43. The van der Waals surface area contributed by atoms with Crippen molar-refractivity contribution in [2.75, 3.05) is 7.11 Å². The first-order valence-electron chi connectivity index (χ1n) is 5.17. The van der Waals surface area contributed by atoms with Crippen LogP contribution < -0.4 is 4.74 Å². The third-order valence-electron chi connectivity index (χ3n) is 2.49. The predicted molar refractivity (Wildman–Crippen MR) is 63.7 cm³/mol. The summed E-state index contributed by atoms with van der Waals surface area (Å²) in [6, 6.07) is 5.69. The number of nitrogens with zero attached hydrogens (tertiary/aromatic N) is 3. The van der Waals surface area contributed by atoms with Crippen molar-refractivity contribution in [3.8, 4) is 17.3 Å². The number of benzene rings is 1. The minimum absolute atomic E-state index is 0.710. The third kappa shape index (κ3) is 1.71. The van der Waals surface area contributed by atoms with E-state index in [1.165, 1.54) is 0 Å². The van der Waals surface area contributed by atoms with Crippen molar-refractivity contribution >= 4 is 11.0 Å². The number of hydrogen-bond donors (Lipinski definition) is 1. The molecule has 5 heteroatoms. The van der Waals surface area contributed by atoms with Crippen molar-refractivity contribution in [2.45, 2.75) is 0 Å². The maximum absolute atomic E-state index is 5.16. The molecule has 3 rings (SSSR count). The van der Waals surface area contributed by atoms with Crippen LogP contribution in [0.1, 0.15) is 0 Å². The van der Waals surface area contributed by atoms with Gasteiger partial charge in [-0.15, -0.1) is 0 Å². The van der Waals surface area contributed by atoms with Gasteiger partial charge >= 0.3 is 0 Å². The van der Waals surface area contributed by atoms with Crippen LogP contribution in [0.15, 0.2) is 36.8 Å². The second-order valence-electron chi connectivity index (χ2n) is 3.56. The number of H-pyrrole nitrogens is 1. The number of aromatic nitrogens is 4. The lowest BCUT2D eigenvalue weighted by Crippen LogP contribution is -1.85. The monoisotopic (exact) mass is 226 g/mol. The Morgan fingerprint density at radius 1 is 1.24 bits per heavy atom. The molecule has 3 aromatic rings. The van der Waals surface area contributed by atoms with Gasteiger partial charge in [-0.05, 0) is 12.1 Å². The van der Waals surface area contributed by atoms with E-state index in [0.29, 0.717) is 5.82 Å². The molecule has 0 radical (unpaired) electrons. The molecule has 0 atom stereocenters. The van der Waals surface area contributed by atoms with E-state index in [-0.39, 0.29) is 0 Å². The third-order valence-corrected chi connectivity index (χ3v) is 2.49. The van der Waals surface area contributed by atoms with E-state index in [4.69, 9.17) is 4.74 Å². The molecule has 2 heterocycles. The lowest BCUT2D eigenvalue weighted by molar-refractivity contribution is 0.415. The predicted octanol–water partition coefficient (Wildman–Crippen LogP) is 2.03. The number of ether oxygens (including phenoxy) is 1. The molecule has 0 fully saturated rings. The molecule has 1 N–H and O–H groups in total. The van der Waals surface area contributed by atoms with Crippen molar-refractivity contribution in [3.05, 3.63) is 36.8 Å². The smallest absolute Gasteiger partial charge is 0.158 e. The maximum atomic E-state index is 5.16. The summed E-state index contributed by atoms with van der Waals surface area (Å²) in [5.41, 5.74) is 2.53. The lowest BCUT2D eigenvalue weighted by Gasteiger charge is -1.96. The van der Waals surface area contributed by atoms with Gasteiger partial charge in [0.2, 0.25) is 0 Å². The first-order valence-corrected chi connectivity index (χ1v) is 5.17. The van der Waals surface area contributed by atoms with Crippen LogP contribution in [0.2, 0.25) is 0 Å². The first kappa shape index (κ1) is 9.77. The van der Waals surface area contributed by atoms with E-state index in [0.717, 1.165) is 22.5 Å². The Morgan fingerprint density at radius 2 is 2.18 bits per heavy atom. The fourth-order valence-electron chi connectivity index (χ4n) is 1.66. The number of rotatable bonds is 2. The zero-order valence-electron chi connectivity index (χ0n) is 9.21. The van der Waals surface area contributed by atoms with Crippen molar-refractivity contribution < 1.29 is 4.74 Å². The van der Waals surface area contributed by atoms with Crippen LogP contribution in [-0.4, -0.2) is 27.0 Å². The van der Waals surface area contributed by atoms with Gasteiger partial charge in [0, 0.05) is 18.5 Å². The number of nitrogens with one attached hydrogen (secondary N) is 1. The number of imidazole rings is 1. The fraction of sp³-hybridized carbons (Fsp3) is 0.0833. The van der Waals surface area contributed by atoms with Gasteiger partial charge in [-0.2, -0.15) is 0 Å². The summed E-state index contributed by atoms with van der Waals surface area (Å²) in [7, 11) is 1.64. The Bertz CT molecular complexity index is 648. The van der Waals surface area contributed by atoms with Crippen molar-refractivity contribution in [1.29, 1.82) is 0 Å². The van der Waals surface area contributed by atoms with E-state index >= 15 is 0 Å². The molecule has 0 saturated carbocycles. The van der Waals surface area contributed by atoms with Gasteiger partial charge in [0.1, 0.15) is 11.4 Å². The van der Waals surface area contributed by atoms with E-state index in [1.54, 1.807) is 25.7 Å². The van der Waals surface area contributed by atoms with Crippen LogP contribution >= 0.6 is 0 Å². The molecule has 5 nitrogen and oxygen atoms in total. The van der Waals surface area contributed by atoms with Gasteiger partial charge in [-0.25, -0.2) is 9.97 Å². The summed E-state index contributed by atoms with van der Waals surface area (Å²) in [5, 5.41) is 0. The highest BCUT2D eigenvalue weighted by atomic mass is 16.5. The summed E-state index contributed by atoms with van der Waals surface area (Å²) >= 11 is 0. The lowest BCUT2D eigenvalue weighted by atomic mass is 10.3. The highest BCUT2D eigenvalue weighted by Gasteiger charge is 2.06. The van der Waals surface area contributed by atoms with Crippen LogP contribution in [0, 0.1) is 0 Å². The molecule has 1 aromatic carbocycles. The van der Waals surface area contributed by atoms with Crippen LogP contribution in [-0.2, 0) is 0 Å². The van der Waals surface area contributed by atoms with Crippen molar-refractivity contribution in [3.63, 3.8) is 0 Å². The minimum Gasteiger partial charge on any atom is -0.497 e. The summed E-state index contributed by atoms with van der Waals surface area (Å²) < 4.78 is 5.16. The summed E-state index contributed by atoms with van der Waals surface area (Å²) in [5.74, 6) is 1.51. The number of hydrogen-bond acceptors (Lipinski definition) is 4. The molecule has 0 unspecified atom stereocenters. The summed E-state index contributed by atoms with van der Waals surface area (Å²) in [6.07, 6.45) is 4.95. The van der Waals surface area contributed by atoms with Crippen LogP contribution in [0.3, 0.4) is 0 Å². The SMILES string of the molecule is COc1ccc2nc(-c3cnccn3)[nH]c2c1. The highest BCUT2D eigenvalue weighted by molar-refractivity contribution is 5.80. The van der Waals surface area contributed by atoms with Crippen LogP contribution in [0.25, 0.3) is 22.6 Å². The average Bonchev–Trinajstić information content (AvgIpc) is 2.82. The quantitative estimate of drug-likeness (QED) is 0.726. The molecule has 84 valence electrons. The second-order valence-corrected chi connectivity index (χ2v) is 3.56. The van der Waals surface area contributed by atoms with E-state index in [2.05, 4.69) is 19.9 Å². The molecule has 0 saturated heterocycles. The van der Waals surface area contributed by atoms with E-state index < -0.39 is 0 Å². The molecule has 0 aliphatic rings. The molecule has 0 amide bonds. The zero-order chi connectivity index (χ0) is 11.7. The second kappa shape index (κ2) is 3.86. The largest absolute Gasteiger partial charge is 0.497 e. The Kier molecular flexibility index (Phi) is 2.22. The molecule has 0 bridgehead atoms. The molecule has 0 spiro atoms. The number of aromatic amines is 1. The Balaban J connectivity index is 2.14.